The van der Waals surface area contributed by atoms with Crippen LogP contribution in [0.3, 0.4) is 0 Å². The standard InChI is InChI=1S/C15H11NO2/c16-10-11-18-14-8-6-13(7-9-14)15(17)12-4-2-1-3-5-12/h1-9H,11H2. The first-order valence-electron chi connectivity index (χ1n) is 5.51. The largest absolute Gasteiger partial charge is 0.479 e. The zero-order chi connectivity index (χ0) is 12.8. The predicted octanol–water partition coefficient (Wildman–Crippen LogP) is 2.82. The summed E-state index contributed by atoms with van der Waals surface area (Å²) >= 11 is 0. The molecule has 2 aromatic rings. The van der Waals surface area contributed by atoms with E-state index in [4.69, 9.17) is 10.00 Å². The number of carbonyl (C=O) groups excluding carboxylic acids is 1. The Morgan fingerprint density at radius 1 is 1.00 bits per heavy atom. The Morgan fingerprint density at radius 3 is 2.22 bits per heavy atom. The highest BCUT2D eigenvalue weighted by atomic mass is 16.5. The third-order valence-electron chi connectivity index (χ3n) is 2.46. The minimum absolute atomic E-state index is 0.00593. The fraction of sp³-hybridized carbons (Fsp3) is 0.0667. The minimum atomic E-state index is -0.0255. The highest BCUT2D eigenvalue weighted by molar-refractivity contribution is 6.08. The van der Waals surface area contributed by atoms with E-state index in [1.807, 2.05) is 24.3 Å². The van der Waals surface area contributed by atoms with Crippen LogP contribution in [0.2, 0.25) is 0 Å². The average molecular weight is 237 g/mol. The molecule has 0 fully saturated rings. The molecule has 0 unspecified atom stereocenters. The number of carbonyl (C=O) groups is 1. The number of nitrogens with zero attached hydrogens (tertiary/aromatic N) is 1. The van der Waals surface area contributed by atoms with Crippen molar-refractivity contribution < 1.29 is 9.53 Å². The van der Waals surface area contributed by atoms with Gasteiger partial charge in [0.15, 0.2) is 12.4 Å². The van der Waals surface area contributed by atoms with E-state index in [0.29, 0.717) is 16.9 Å². The molecule has 0 radical (unpaired) electrons. The Labute approximate surface area is 105 Å². The first-order chi connectivity index (χ1) is 8.81. The van der Waals surface area contributed by atoms with Gasteiger partial charge in [-0.2, -0.15) is 5.26 Å². The van der Waals surface area contributed by atoms with Crippen molar-refractivity contribution in [2.75, 3.05) is 6.61 Å². The SMILES string of the molecule is N#CCOc1ccc(C(=O)c2ccccc2)cc1. The van der Waals surface area contributed by atoms with E-state index in [9.17, 15) is 4.79 Å². The molecule has 0 amide bonds. The van der Waals surface area contributed by atoms with Gasteiger partial charge in [0.2, 0.25) is 0 Å². The van der Waals surface area contributed by atoms with Gasteiger partial charge in [-0.05, 0) is 24.3 Å². The Morgan fingerprint density at radius 2 is 1.61 bits per heavy atom. The lowest BCUT2D eigenvalue weighted by atomic mass is 10.0. The van der Waals surface area contributed by atoms with Crippen LogP contribution in [-0.4, -0.2) is 12.4 Å². The van der Waals surface area contributed by atoms with Gasteiger partial charge >= 0.3 is 0 Å². The van der Waals surface area contributed by atoms with Gasteiger partial charge in [0.05, 0.1) is 0 Å². The van der Waals surface area contributed by atoms with Gasteiger partial charge in [-0.3, -0.25) is 4.79 Å². The van der Waals surface area contributed by atoms with E-state index >= 15 is 0 Å². The molecule has 18 heavy (non-hydrogen) atoms. The molecule has 0 N–H and O–H groups in total. The highest BCUT2D eigenvalue weighted by Crippen LogP contribution is 2.15. The maximum absolute atomic E-state index is 12.1. The molecule has 0 atom stereocenters. The Kier molecular flexibility index (Phi) is 3.72. The third kappa shape index (κ3) is 2.74. The Bertz CT molecular complexity index is 568. The molecule has 0 aromatic heterocycles. The number of nitriles is 1. The average Bonchev–Trinajstić information content (AvgIpc) is 2.46. The number of hydrogen-bond donors (Lipinski definition) is 0. The molecule has 0 heterocycles. The zero-order valence-electron chi connectivity index (χ0n) is 9.67. The number of ketones is 1. The van der Waals surface area contributed by atoms with Crippen molar-refractivity contribution in [3.63, 3.8) is 0 Å². The summed E-state index contributed by atoms with van der Waals surface area (Å²) in [7, 11) is 0. The van der Waals surface area contributed by atoms with Crippen LogP contribution in [0.25, 0.3) is 0 Å². The van der Waals surface area contributed by atoms with Crippen molar-refractivity contribution in [3.05, 3.63) is 65.7 Å². The van der Waals surface area contributed by atoms with E-state index < -0.39 is 0 Å². The van der Waals surface area contributed by atoms with Crippen LogP contribution in [0.4, 0.5) is 0 Å². The molecular formula is C15H11NO2. The molecule has 0 bridgehead atoms. The van der Waals surface area contributed by atoms with Gasteiger partial charge in [0.25, 0.3) is 0 Å². The monoisotopic (exact) mass is 237 g/mol. The predicted molar refractivity (Wildman–Crippen MR) is 67.4 cm³/mol. The van der Waals surface area contributed by atoms with Gasteiger partial charge in [0.1, 0.15) is 11.8 Å². The van der Waals surface area contributed by atoms with E-state index in [0.717, 1.165) is 0 Å². The van der Waals surface area contributed by atoms with Gasteiger partial charge in [-0.1, -0.05) is 30.3 Å². The van der Waals surface area contributed by atoms with Crippen molar-refractivity contribution in [3.8, 4) is 11.8 Å². The lowest BCUT2D eigenvalue weighted by molar-refractivity contribution is 0.103. The Hall–Kier alpha value is -2.60. The number of rotatable bonds is 4. The van der Waals surface area contributed by atoms with Crippen LogP contribution in [0.15, 0.2) is 54.6 Å². The first kappa shape index (κ1) is 11.9. The molecule has 0 aliphatic carbocycles. The van der Waals surface area contributed by atoms with Crippen LogP contribution >= 0.6 is 0 Å². The summed E-state index contributed by atoms with van der Waals surface area (Å²) in [5.74, 6) is 0.559. The minimum Gasteiger partial charge on any atom is -0.479 e. The third-order valence-corrected chi connectivity index (χ3v) is 2.46. The topological polar surface area (TPSA) is 50.1 Å². The van der Waals surface area contributed by atoms with E-state index in [2.05, 4.69) is 0 Å². The summed E-state index contributed by atoms with van der Waals surface area (Å²) in [5, 5.41) is 8.39. The Balaban J connectivity index is 2.15. The number of benzene rings is 2. The van der Waals surface area contributed by atoms with Crippen LogP contribution in [0.1, 0.15) is 15.9 Å². The normalized spacial score (nSPS) is 9.50. The molecule has 88 valence electrons. The second-order valence-electron chi connectivity index (χ2n) is 3.67. The van der Waals surface area contributed by atoms with Crippen LogP contribution in [-0.2, 0) is 0 Å². The molecular weight excluding hydrogens is 226 g/mol. The maximum atomic E-state index is 12.1. The summed E-state index contributed by atoms with van der Waals surface area (Å²) in [6.07, 6.45) is 0. The molecule has 3 nitrogen and oxygen atoms in total. The summed E-state index contributed by atoms with van der Waals surface area (Å²) < 4.78 is 5.12. The fourth-order valence-corrected chi connectivity index (χ4v) is 1.57. The van der Waals surface area contributed by atoms with Crippen LogP contribution in [0, 0.1) is 11.3 Å². The smallest absolute Gasteiger partial charge is 0.193 e. The molecule has 0 saturated heterocycles. The van der Waals surface area contributed by atoms with E-state index in [1.54, 1.807) is 36.4 Å². The molecule has 2 rings (SSSR count). The van der Waals surface area contributed by atoms with Crippen molar-refractivity contribution in [1.82, 2.24) is 0 Å². The van der Waals surface area contributed by atoms with Crippen molar-refractivity contribution >= 4 is 5.78 Å². The number of ether oxygens (including phenoxy) is 1. The summed E-state index contributed by atoms with van der Waals surface area (Å²) in [5.41, 5.74) is 1.26. The second-order valence-corrected chi connectivity index (χ2v) is 3.67. The molecule has 0 aliphatic heterocycles. The molecule has 2 aromatic carbocycles. The van der Waals surface area contributed by atoms with Gasteiger partial charge in [-0.25, -0.2) is 0 Å². The quantitative estimate of drug-likeness (QED) is 0.768. The summed E-state index contributed by atoms with van der Waals surface area (Å²) in [6.45, 7) is 0.00593. The summed E-state index contributed by atoms with van der Waals surface area (Å²) in [6, 6.07) is 17.8. The highest BCUT2D eigenvalue weighted by Gasteiger charge is 2.07. The fourth-order valence-electron chi connectivity index (χ4n) is 1.57. The van der Waals surface area contributed by atoms with Gasteiger partial charge in [0, 0.05) is 11.1 Å². The molecule has 0 aliphatic rings. The van der Waals surface area contributed by atoms with Crippen molar-refractivity contribution in [2.45, 2.75) is 0 Å². The first-order valence-corrected chi connectivity index (χ1v) is 5.51. The molecule has 0 saturated carbocycles. The lowest BCUT2D eigenvalue weighted by Crippen LogP contribution is -2.01. The zero-order valence-corrected chi connectivity index (χ0v) is 9.67. The second kappa shape index (κ2) is 5.65. The summed E-state index contributed by atoms with van der Waals surface area (Å²) in [4.78, 5) is 12.1. The van der Waals surface area contributed by atoms with Gasteiger partial charge in [-0.15, -0.1) is 0 Å². The van der Waals surface area contributed by atoms with E-state index in [-0.39, 0.29) is 12.4 Å². The van der Waals surface area contributed by atoms with E-state index in [1.165, 1.54) is 0 Å². The van der Waals surface area contributed by atoms with Crippen molar-refractivity contribution in [1.29, 1.82) is 5.26 Å². The lowest BCUT2D eigenvalue weighted by Gasteiger charge is -2.03. The van der Waals surface area contributed by atoms with Crippen molar-refractivity contribution in [2.24, 2.45) is 0 Å². The molecule has 0 spiro atoms. The molecule has 3 heteroatoms. The van der Waals surface area contributed by atoms with Gasteiger partial charge < -0.3 is 4.74 Å². The van der Waals surface area contributed by atoms with Crippen LogP contribution in [0.5, 0.6) is 5.75 Å². The maximum Gasteiger partial charge on any atom is 0.193 e. The number of hydrogen-bond acceptors (Lipinski definition) is 3. The van der Waals surface area contributed by atoms with Crippen LogP contribution < -0.4 is 4.74 Å².